The van der Waals surface area contributed by atoms with E-state index >= 15 is 0 Å². The van der Waals surface area contributed by atoms with Gasteiger partial charge in [-0.15, -0.1) is 0 Å². The number of imidazole rings is 1. The number of amides is 1. The highest BCUT2D eigenvalue weighted by molar-refractivity contribution is 14.1. The predicted molar refractivity (Wildman–Crippen MR) is 61.3 cm³/mol. The average molecular weight is 305 g/mol. The molecule has 0 bridgehead atoms. The van der Waals surface area contributed by atoms with Gasteiger partial charge in [-0.3, -0.25) is 4.79 Å². The van der Waals surface area contributed by atoms with Crippen molar-refractivity contribution in [1.29, 1.82) is 0 Å². The Morgan fingerprint density at radius 2 is 2.50 bits per heavy atom. The second kappa shape index (κ2) is 3.88. The highest BCUT2D eigenvalue weighted by atomic mass is 127. The summed E-state index contributed by atoms with van der Waals surface area (Å²) in [7, 11) is 0. The summed E-state index contributed by atoms with van der Waals surface area (Å²) in [5.41, 5.74) is 2.23. The van der Waals surface area contributed by atoms with E-state index in [1.54, 1.807) is 0 Å². The number of nitrogens with one attached hydrogen (secondary N) is 1. The fourth-order valence-corrected chi connectivity index (χ4v) is 2.22. The minimum atomic E-state index is 0.212. The van der Waals surface area contributed by atoms with Crippen molar-refractivity contribution >= 4 is 28.5 Å². The molecule has 2 heterocycles. The molecule has 5 heteroatoms. The number of carbonyl (C=O) groups excluding carboxylic acids is 1. The number of rotatable bonds is 1. The van der Waals surface area contributed by atoms with Crippen LogP contribution in [0.3, 0.4) is 0 Å². The van der Waals surface area contributed by atoms with Gasteiger partial charge in [0.1, 0.15) is 5.82 Å². The van der Waals surface area contributed by atoms with E-state index in [-0.39, 0.29) is 5.91 Å². The predicted octanol–water partition coefficient (Wildman–Crippen LogP) is 1.04. The standard InChI is InChI=1S/C9H12IN3O/c1-6-11-7-2-3-13(9(14)4-10)5-8(7)12-6/h2-5H2,1H3,(H,11,12). The largest absolute Gasteiger partial charge is 0.344 e. The molecule has 0 saturated carbocycles. The monoisotopic (exact) mass is 305 g/mol. The number of aromatic nitrogens is 2. The molecule has 0 radical (unpaired) electrons. The second-order valence-electron chi connectivity index (χ2n) is 3.45. The lowest BCUT2D eigenvalue weighted by Crippen LogP contribution is -2.36. The molecule has 1 aliphatic heterocycles. The Labute approximate surface area is 96.2 Å². The average Bonchev–Trinajstić information content (AvgIpc) is 2.55. The zero-order valence-electron chi connectivity index (χ0n) is 8.01. The summed E-state index contributed by atoms with van der Waals surface area (Å²) in [4.78, 5) is 20.9. The molecule has 4 nitrogen and oxygen atoms in total. The molecule has 0 saturated heterocycles. The van der Waals surface area contributed by atoms with Crippen molar-refractivity contribution in [1.82, 2.24) is 14.9 Å². The Hall–Kier alpha value is -0.590. The zero-order valence-corrected chi connectivity index (χ0v) is 10.2. The van der Waals surface area contributed by atoms with Crippen molar-refractivity contribution in [2.45, 2.75) is 19.9 Å². The first-order valence-corrected chi connectivity index (χ1v) is 6.11. The number of hydrogen-bond acceptors (Lipinski definition) is 2. The number of nitrogens with zero attached hydrogens (tertiary/aromatic N) is 2. The molecule has 0 fully saturated rings. The minimum Gasteiger partial charge on any atom is -0.344 e. The lowest BCUT2D eigenvalue weighted by atomic mass is 10.1. The highest BCUT2D eigenvalue weighted by Gasteiger charge is 2.21. The van der Waals surface area contributed by atoms with Crippen molar-refractivity contribution in [3.63, 3.8) is 0 Å². The summed E-state index contributed by atoms with van der Waals surface area (Å²) >= 11 is 2.10. The van der Waals surface area contributed by atoms with E-state index in [0.717, 1.165) is 30.2 Å². The van der Waals surface area contributed by atoms with E-state index < -0.39 is 0 Å². The van der Waals surface area contributed by atoms with Gasteiger partial charge in [-0.25, -0.2) is 4.98 Å². The second-order valence-corrected chi connectivity index (χ2v) is 4.21. The van der Waals surface area contributed by atoms with Crippen LogP contribution in [0.1, 0.15) is 17.2 Å². The molecule has 1 aromatic rings. The first-order valence-electron chi connectivity index (χ1n) is 4.59. The third-order valence-electron chi connectivity index (χ3n) is 2.42. The van der Waals surface area contributed by atoms with Gasteiger partial charge in [0, 0.05) is 13.0 Å². The smallest absolute Gasteiger partial charge is 0.232 e. The number of aromatic amines is 1. The lowest BCUT2D eigenvalue weighted by molar-refractivity contribution is -0.129. The Balaban J connectivity index is 2.16. The molecular weight excluding hydrogens is 293 g/mol. The minimum absolute atomic E-state index is 0.212. The Bertz CT molecular complexity index is 361. The van der Waals surface area contributed by atoms with Crippen molar-refractivity contribution in [2.75, 3.05) is 11.0 Å². The molecule has 14 heavy (non-hydrogen) atoms. The van der Waals surface area contributed by atoms with E-state index in [9.17, 15) is 4.79 Å². The molecule has 1 N–H and O–H groups in total. The summed E-state index contributed by atoms with van der Waals surface area (Å²) in [5.74, 6) is 1.15. The summed E-state index contributed by atoms with van der Waals surface area (Å²) < 4.78 is 0.556. The van der Waals surface area contributed by atoms with Gasteiger partial charge in [-0.2, -0.15) is 0 Å². The fraction of sp³-hybridized carbons (Fsp3) is 0.556. The van der Waals surface area contributed by atoms with Crippen LogP contribution in [0.2, 0.25) is 0 Å². The normalized spacial score (nSPS) is 15.4. The van der Waals surface area contributed by atoms with Crippen molar-refractivity contribution in [2.24, 2.45) is 0 Å². The van der Waals surface area contributed by atoms with Gasteiger partial charge >= 0.3 is 0 Å². The van der Waals surface area contributed by atoms with Crippen LogP contribution < -0.4 is 0 Å². The Kier molecular flexibility index (Phi) is 2.76. The van der Waals surface area contributed by atoms with Crippen LogP contribution in [0.25, 0.3) is 0 Å². The van der Waals surface area contributed by atoms with Gasteiger partial charge < -0.3 is 9.88 Å². The molecule has 0 spiro atoms. The summed E-state index contributed by atoms with van der Waals surface area (Å²) in [6.45, 7) is 3.44. The number of aryl methyl sites for hydroxylation is 1. The van der Waals surface area contributed by atoms with Gasteiger partial charge in [0.25, 0.3) is 0 Å². The number of alkyl halides is 1. The van der Waals surface area contributed by atoms with Crippen LogP contribution in [-0.4, -0.2) is 31.7 Å². The van der Waals surface area contributed by atoms with Crippen LogP contribution in [0, 0.1) is 6.92 Å². The molecule has 76 valence electrons. The fourth-order valence-electron chi connectivity index (χ4n) is 1.73. The summed E-state index contributed by atoms with van der Waals surface area (Å²) in [6.07, 6.45) is 0.877. The number of hydrogen-bond donors (Lipinski definition) is 1. The topological polar surface area (TPSA) is 49.0 Å². The number of carbonyl (C=O) groups is 1. The maximum absolute atomic E-state index is 11.5. The van der Waals surface area contributed by atoms with E-state index in [0.29, 0.717) is 11.0 Å². The Morgan fingerprint density at radius 1 is 1.71 bits per heavy atom. The third-order valence-corrected chi connectivity index (χ3v) is 3.07. The summed E-state index contributed by atoms with van der Waals surface area (Å²) in [6, 6.07) is 0. The van der Waals surface area contributed by atoms with E-state index in [2.05, 4.69) is 32.6 Å². The quantitative estimate of drug-likeness (QED) is 0.622. The van der Waals surface area contributed by atoms with Gasteiger partial charge in [0.15, 0.2) is 0 Å². The van der Waals surface area contributed by atoms with Crippen LogP contribution in [0.15, 0.2) is 0 Å². The van der Waals surface area contributed by atoms with Crippen molar-refractivity contribution in [3.05, 3.63) is 17.2 Å². The zero-order chi connectivity index (χ0) is 10.1. The molecule has 2 rings (SSSR count). The first kappa shape index (κ1) is 9.95. The van der Waals surface area contributed by atoms with E-state index in [1.807, 2.05) is 11.8 Å². The SMILES string of the molecule is Cc1nc2c([nH]1)CN(C(=O)CI)CC2. The van der Waals surface area contributed by atoms with Gasteiger partial charge in [-0.1, -0.05) is 22.6 Å². The van der Waals surface area contributed by atoms with E-state index in [1.165, 1.54) is 0 Å². The van der Waals surface area contributed by atoms with Gasteiger partial charge in [0.2, 0.25) is 5.91 Å². The molecule has 0 aromatic carbocycles. The van der Waals surface area contributed by atoms with Crippen LogP contribution in [-0.2, 0) is 17.8 Å². The third kappa shape index (κ3) is 1.77. The molecular formula is C9H12IN3O. The van der Waals surface area contributed by atoms with Crippen molar-refractivity contribution in [3.8, 4) is 0 Å². The Morgan fingerprint density at radius 3 is 3.21 bits per heavy atom. The summed E-state index contributed by atoms with van der Waals surface area (Å²) in [5, 5.41) is 0. The molecule has 0 atom stereocenters. The van der Waals surface area contributed by atoms with Crippen LogP contribution in [0.5, 0.6) is 0 Å². The molecule has 1 aliphatic rings. The highest BCUT2D eigenvalue weighted by Crippen LogP contribution is 2.16. The molecule has 1 aromatic heterocycles. The van der Waals surface area contributed by atoms with Gasteiger partial charge in [0.05, 0.1) is 22.4 Å². The first-order chi connectivity index (χ1) is 6.70. The van der Waals surface area contributed by atoms with Crippen molar-refractivity contribution < 1.29 is 4.79 Å². The number of halogens is 1. The van der Waals surface area contributed by atoms with Crippen LogP contribution >= 0.6 is 22.6 Å². The molecule has 0 unspecified atom stereocenters. The lowest BCUT2D eigenvalue weighted by Gasteiger charge is -2.25. The number of fused-ring (bicyclic) bond motifs is 1. The molecule has 1 amide bonds. The van der Waals surface area contributed by atoms with Crippen LogP contribution in [0.4, 0.5) is 0 Å². The number of H-pyrrole nitrogens is 1. The maximum Gasteiger partial charge on any atom is 0.232 e. The molecule has 0 aliphatic carbocycles. The van der Waals surface area contributed by atoms with E-state index in [4.69, 9.17) is 0 Å². The van der Waals surface area contributed by atoms with Gasteiger partial charge in [-0.05, 0) is 6.92 Å². The maximum atomic E-state index is 11.5.